The Balaban J connectivity index is 1.77. The van der Waals surface area contributed by atoms with Gasteiger partial charge in [-0.1, -0.05) is 19.3 Å². The Morgan fingerprint density at radius 1 is 1.35 bits per heavy atom. The topological polar surface area (TPSA) is 61.4 Å². The lowest BCUT2D eigenvalue weighted by atomic mass is 9.96. The van der Waals surface area contributed by atoms with Crippen molar-refractivity contribution in [2.24, 2.45) is 0 Å². The Morgan fingerprint density at radius 3 is 2.65 bits per heavy atom. The summed E-state index contributed by atoms with van der Waals surface area (Å²) in [6, 6.07) is 3.49. The van der Waals surface area contributed by atoms with Crippen molar-refractivity contribution in [2.75, 3.05) is 7.05 Å². The van der Waals surface area contributed by atoms with Gasteiger partial charge < -0.3 is 5.32 Å². The minimum atomic E-state index is -0.374. The maximum atomic E-state index is 12.2. The molecule has 0 saturated heterocycles. The van der Waals surface area contributed by atoms with Crippen molar-refractivity contribution < 1.29 is 9.59 Å². The van der Waals surface area contributed by atoms with E-state index in [1.807, 2.05) is 31.0 Å². The van der Waals surface area contributed by atoms with Crippen LogP contribution in [0.1, 0.15) is 43.9 Å². The third-order valence-corrected chi connectivity index (χ3v) is 5.86. The number of nitrogens with one attached hydrogen (secondary N) is 2. The Labute approximate surface area is 149 Å². The van der Waals surface area contributed by atoms with E-state index in [1.54, 1.807) is 11.3 Å². The van der Waals surface area contributed by atoms with Crippen LogP contribution in [0, 0.1) is 0 Å². The Kier molecular flexibility index (Phi) is 7.05. The molecule has 1 aromatic rings. The van der Waals surface area contributed by atoms with Crippen LogP contribution >= 0.6 is 27.3 Å². The van der Waals surface area contributed by atoms with Crippen LogP contribution in [0.5, 0.6) is 0 Å². The summed E-state index contributed by atoms with van der Waals surface area (Å²) < 4.78 is 1.07. The highest BCUT2D eigenvalue weighted by Crippen LogP contribution is 2.23. The molecule has 23 heavy (non-hydrogen) atoms. The van der Waals surface area contributed by atoms with Crippen LogP contribution in [-0.2, 0) is 11.3 Å². The number of urea groups is 1. The molecule has 5 nitrogen and oxygen atoms in total. The van der Waals surface area contributed by atoms with Crippen LogP contribution in [0.2, 0.25) is 0 Å². The number of halogens is 1. The fourth-order valence-corrected chi connectivity index (χ4v) is 4.25. The SMILES string of the molecule is C[C@H](C(=O)NC(=O)NC1CCCCC1)N(C)Cc1ccc(Br)s1. The fraction of sp³-hybridized carbons (Fsp3) is 0.625. The average molecular weight is 402 g/mol. The molecule has 1 aromatic heterocycles. The van der Waals surface area contributed by atoms with E-state index in [1.165, 1.54) is 11.3 Å². The molecule has 128 valence electrons. The Hall–Kier alpha value is -0.920. The van der Waals surface area contributed by atoms with Gasteiger partial charge in [-0.15, -0.1) is 11.3 Å². The molecule has 0 spiro atoms. The van der Waals surface area contributed by atoms with Crippen LogP contribution in [0.3, 0.4) is 0 Å². The number of likely N-dealkylation sites (N-methyl/N-ethyl adjacent to an activating group) is 1. The van der Waals surface area contributed by atoms with E-state index in [4.69, 9.17) is 0 Å². The first-order valence-corrected chi connectivity index (χ1v) is 9.62. The van der Waals surface area contributed by atoms with Crippen molar-refractivity contribution in [2.45, 2.75) is 57.7 Å². The molecule has 1 aliphatic carbocycles. The monoisotopic (exact) mass is 401 g/mol. The zero-order chi connectivity index (χ0) is 16.8. The van der Waals surface area contributed by atoms with E-state index in [9.17, 15) is 9.59 Å². The number of hydrogen-bond donors (Lipinski definition) is 2. The average Bonchev–Trinajstić information content (AvgIpc) is 2.92. The highest BCUT2D eigenvalue weighted by Gasteiger charge is 2.22. The molecule has 2 rings (SSSR count). The predicted molar refractivity (Wildman–Crippen MR) is 96.5 cm³/mol. The first-order chi connectivity index (χ1) is 11.0. The van der Waals surface area contributed by atoms with Crippen molar-refractivity contribution in [1.29, 1.82) is 0 Å². The van der Waals surface area contributed by atoms with Gasteiger partial charge in [0, 0.05) is 17.5 Å². The lowest BCUT2D eigenvalue weighted by molar-refractivity contribution is -0.124. The number of amides is 3. The number of carbonyl (C=O) groups excluding carboxylic acids is 2. The van der Waals surface area contributed by atoms with Gasteiger partial charge in [0.25, 0.3) is 0 Å². The molecule has 0 radical (unpaired) electrons. The molecule has 1 atom stereocenters. The molecule has 0 bridgehead atoms. The lowest BCUT2D eigenvalue weighted by Gasteiger charge is -2.25. The van der Waals surface area contributed by atoms with Gasteiger partial charge in [0.15, 0.2) is 0 Å². The molecule has 1 heterocycles. The quantitative estimate of drug-likeness (QED) is 0.793. The standard InChI is InChI=1S/C16H24BrN3O2S/c1-11(20(2)10-13-8-9-14(17)23-13)15(21)19-16(22)18-12-6-4-3-5-7-12/h8-9,11-12H,3-7,10H2,1-2H3,(H2,18,19,21,22)/t11-/m1/s1. The van der Waals surface area contributed by atoms with Gasteiger partial charge in [-0.3, -0.25) is 15.0 Å². The van der Waals surface area contributed by atoms with E-state index in [0.717, 1.165) is 29.5 Å². The second kappa shape index (κ2) is 8.80. The number of carbonyl (C=O) groups is 2. The second-order valence-corrected chi connectivity index (χ2v) is 8.64. The lowest BCUT2D eigenvalue weighted by Crippen LogP contribution is -2.50. The largest absolute Gasteiger partial charge is 0.335 e. The van der Waals surface area contributed by atoms with Crippen LogP contribution in [0.15, 0.2) is 15.9 Å². The highest BCUT2D eigenvalue weighted by atomic mass is 79.9. The van der Waals surface area contributed by atoms with Gasteiger partial charge in [-0.2, -0.15) is 0 Å². The van der Waals surface area contributed by atoms with Crippen molar-refractivity contribution in [3.05, 3.63) is 20.8 Å². The number of rotatable bonds is 5. The molecule has 0 unspecified atom stereocenters. The van der Waals surface area contributed by atoms with E-state index in [0.29, 0.717) is 6.54 Å². The minimum Gasteiger partial charge on any atom is -0.335 e. The first-order valence-electron chi connectivity index (χ1n) is 8.01. The van der Waals surface area contributed by atoms with E-state index in [2.05, 4.69) is 26.6 Å². The summed E-state index contributed by atoms with van der Waals surface area (Å²) in [5.41, 5.74) is 0. The van der Waals surface area contributed by atoms with Crippen molar-refractivity contribution in [3.63, 3.8) is 0 Å². The summed E-state index contributed by atoms with van der Waals surface area (Å²) in [6.45, 7) is 2.49. The smallest absolute Gasteiger partial charge is 0.321 e. The normalized spacial score (nSPS) is 17.0. The molecule has 3 amide bonds. The first kappa shape index (κ1) is 18.4. The maximum absolute atomic E-state index is 12.2. The predicted octanol–water partition coefficient (Wildman–Crippen LogP) is 3.49. The molecular formula is C16H24BrN3O2S. The second-order valence-electron chi connectivity index (χ2n) is 6.09. The van der Waals surface area contributed by atoms with Crippen molar-refractivity contribution >= 4 is 39.2 Å². The van der Waals surface area contributed by atoms with Gasteiger partial charge in [-0.05, 0) is 54.9 Å². The molecule has 0 aliphatic heterocycles. The van der Waals surface area contributed by atoms with Gasteiger partial charge in [0.2, 0.25) is 5.91 Å². The summed E-state index contributed by atoms with van der Waals surface area (Å²) >= 11 is 5.08. The molecule has 2 N–H and O–H groups in total. The number of imide groups is 1. The van der Waals surface area contributed by atoms with Gasteiger partial charge in [0.1, 0.15) is 0 Å². The fourth-order valence-electron chi connectivity index (χ4n) is 2.70. The zero-order valence-electron chi connectivity index (χ0n) is 13.6. The molecule has 0 aromatic carbocycles. The van der Waals surface area contributed by atoms with E-state index >= 15 is 0 Å². The van der Waals surface area contributed by atoms with Crippen LogP contribution in [0.25, 0.3) is 0 Å². The summed E-state index contributed by atoms with van der Waals surface area (Å²) in [7, 11) is 1.89. The molecule has 7 heteroatoms. The van der Waals surface area contributed by atoms with Crippen molar-refractivity contribution in [3.8, 4) is 0 Å². The van der Waals surface area contributed by atoms with Gasteiger partial charge in [0.05, 0.1) is 9.83 Å². The molecular weight excluding hydrogens is 378 g/mol. The number of nitrogens with zero attached hydrogens (tertiary/aromatic N) is 1. The molecule has 1 fully saturated rings. The molecule has 1 saturated carbocycles. The highest BCUT2D eigenvalue weighted by molar-refractivity contribution is 9.11. The van der Waals surface area contributed by atoms with Crippen LogP contribution < -0.4 is 10.6 Å². The maximum Gasteiger partial charge on any atom is 0.321 e. The summed E-state index contributed by atoms with van der Waals surface area (Å²) in [5.74, 6) is -0.267. The van der Waals surface area contributed by atoms with E-state index < -0.39 is 0 Å². The Morgan fingerprint density at radius 2 is 2.04 bits per heavy atom. The van der Waals surface area contributed by atoms with Gasteiger partial charge >= 0.3 is 6.03 Å². The molecule has 1 aliphatic rings. The third kappa shape index (κ3) is 5.90. The number of hydrogen-bond acceptors (Lipinski definition) is 4. The Bertz CT molecular complexity index is 543. The summed E-state index contributed by atoms with van der Waals surface area (Å²) in [5, 5.41) is 5.37. The summed E-state index contributed by atoms with van der Waals surface area (Å²) in [4.78, 5) is 27.3. The summed E-state index contributed by atoms with van der Waals surface area (Å²) in [6.07, 6.45) is 5.54. The van der Waals surface area contributed by atoms with Crippen LogP contribution in [0.4, 0.5) is 4.79 Å². The van der Waals surface area contributed by atoms with Crippen LogP contribution in [-0.4, -0.2) is 36.0 Å². The van der Waals surface area contributed by atoms with Gasteiger partial charge in [-0.25, -0.2) is 4.79 Å². The minimum absolute atomic E-state index is 0.202. The van der Waals surface area contributed by atoms with E-state index in [-0.39, 0.29) is 24.0 Å². The zero-order valence-corrected chi connectivity index (χ0v) is 16.0. The number of thiophene rings is 1. The van der Waals surface area contributed by atoms with Crippen molar-refractivity contribution in [1.82, 2.24) is 15.5 Å². The third-order valence-electron chi connectivity index (χ3n) is 4.25.